The van der Waals surface area contributed by atoms with Gasteiger partial charge in [-0.25, -0.2) is 0 Å². The molecule has 0 radical (unpaired) electrons. The van der Waals surface area contributed by atoms with Gasteiger partial charge in [-0.05, 0) is 19.3 Å². The van der Waals surface area contributed by atoms with Crippen LogP contribution in [0.1, 0.15) is 40.0 Å². The molecule has 1 heterocycles. The Bertz CT molecular complexity index is 200. The Labute approximate surface area is 92.8 Å². The first-order chi connectivity index (χ1) is 7.20. The van der Waals surface area contributed by atoms with Crippen molar-refractivity contribution in [2.75, 3.05) is 26.3 Å². The third-order valence-corrected chi connectivity index (χ3v) is 3.16. The minimum Gasteiger partial charge on any atom is -0.379 e. The normalized spacial score (nSPS) is 18.3. The maximum absolute atomic E-state index is 12.3. The summed E-state index contributed by atoms with van der Waals surface area (Å²) >= 11 is 0. The van der Waals surface area contributed by atoms with Gasteiger partial charge in [0, 0.05) is 13.1 Å². The van der Waals surface area contributed by atoms with Crippen LogP contribution in [0.25, 0.3) is 0 Å². The van der Waals surface area contributed by atoms with E-state index in [1.54, 1.807) is 0 Å². The first-order valence-corrected chi connectivity index (χ1v) is 6.07. The smallest absolute Gasteiger partial charge is 0.233 e. The van der Waals surface area contributed by atoms with Crippen LogP contribution in [-0.4, -0.2) is 37.1 Å². The summed E-state index contributed by atoms with van der Waals surface area (Å²) in [6.07, 6.45) is 2.97. The molecule has 0 saturated carbocycles. The minimum atomic E-state index is -0.190. The quantitative estimate of drug-likeness (QED) is 0.676. The monoisotopic (exact) mass is 213 g/mol. The average Bonchev–Trinajstić information content (AvgIpc) is 2.16. The summed E-state index contributed by atoms with van der Waals surface area (Å²) in [6, 6.07) is 0. The van der Waals surface area contributed by atoms with Crippen molar-refractivity contribution in [1.29, 1.82) is 0 Å². The fourth-order valence-corrected chi connectivity index (χ4v) is 2.02. The fraction of sp³-hybridized carbons (Fsp3) is 0.917. The second kappa shape index (κ2) is 5.50. The van der Waals surface area contributed by atoms with Gasteiger partial charge in [0.05, 0.1) is 18.6 Å². The van der Waals surface area contributed by atoms with Crippen molar-refractivity contribution >= 4 is 5.91 Å². The lowest BCUT2D eigenvalue weighted by atomic mass is 9.81. The van der Waals surface area contributed by atoms with Gasteiger partial charge < -0.3 is 9.64 Å². The molecule has 0 aromatic carbocycles. The first-order valence-electron chi connectivity index (χ1n) is 6.07. The molecule has 1 saturated heterocycles. The van der Waals surface area contributed by atoms with E-state index in [9.17, 15) is 4.79 Å². The highest BCUT2D eigenvalue weighted by Gasteiger charge is 2.45. The van der Waals surface area contributed by atoms with Gasteiger partial charge in [-0.15, -0.1) is 0 Å². The summed E-state index contributed by atoms with van der Waals surface area (Å²) in [4.78, 5) is 14.3. The summed E-state index contributed by atoms with van der Waals surface area (Å²) in [7, 11) is 0. The van der Waals surface area contributed by atoms with Gasteiger partial charge in [-0.3, -0.25) is 4.79 Å². The minimum absolute atomic E-state index is 0.190. The number of hydrogen-bond acceptors (Lipinski definition) is 2. The number of amides is 1. The van der Waals surface area contributed by atoms with Crippen molar-refractivity contribution in [3.05, 3.63) is 0 Å². The Hall–Kier alpha value is -0.570. The van der Waals surface area contributed by atoms with E-state index in [-0.39, 0.29) is 5.41 Å². The van der Waals surface area contributed by atoms with Crippen LogP contribution in [0.15, 0.2) is 0 Å². The van der Waals surface area contributed by atoms with Crippen LogP contribution in [0.3, 0.4) is 0 Å². The Kier molecular flexibility index (Phi) is 4.58. The van der Waals surface area contributed by atoms with E-state index in [1.807, 2.05) is 4.90 Å². The third kappa shape index (κ3) is 2.51. The summed E-state index contributed by atoms with van der Waals surface area (Å²) < 4.78 is 5.21. The van der Waals surface area contributed by atoms with Gasteiger partial charge in [0.15, 0.2) is 0 Å². The molecule has 0 aromatic rings. The standard InChI is InChI=1S/C12H23NO2/c1-4-7-13(8-5-2)11(14)12(6-3)9-15-10-12/h4-10H2,1-3H3. The lowest BCUT2D eigenvalue weighted by Crippen LogP contribution is -2.55. The maximum Gasteiger partial charge on any atom is 0.233 e. The second-order valence-electron chi connectivity index (χ2n) is 4.42. The van der Waals surface area contributed by atoms with Crippen LogP contribution >= 0.6 is 0 Å². The van der Waals surface area contributed by atoms with E-state index in [0.29, 0.717) is 19.1 Å². The van der Waals surface area contributed by atoms with Crippen LogP contribution in [0.2, 0.25) is 0 Å². The lowest BCUT2D eigenvalue weighted by molar-refractivity contribution is -0.173. The zero-order valence-corrected chi connectivity index (χ0v) is 10.2. The predicted octanol–water partition coefficient (Wildman–Crippen LogP) is 2.06. The van der Waals surface area contributed by atoms with E-state index < -0.39 is 0 Å². The summed E-state index contributed by atoms with van der Waals surface area (Å²) in [5.41, 5.74) is -0.190. The predicted molar refractivity (Wildman–Crippen MR) is 60.7 cm³/mol. The largest absolute Gasteiger partial charge is 0.379 e. The number of hydrogen-bond donors (Lipinski definition) is 0. The molecule has 0 spiro atoms. The molecule has 1 amide bonds. The van der Waals surface area contributed by atoms with E-state index in [1.165, 1.54) is 0 Å². The molecule has 15 heavy (non-hydrogen) atoms. The molecule has 1 aliphatic rings. The highest BCUT2D eigenvalue weighted by Crippen LogP contribution is 2.33. The molecule has 1 rings (SSSR count). The van der Waals surface area contributed by atoms with Gasteiger partial charge in [0.2, 0.25) is 5.91 Å². The molecule has 0 unspecified atom stereocenters. The van der Waals surface area contributed by atoms with Crippen molar-refractivity contribution < 1.29 is 9.53 Å². The second-order valence-corrected chi connectivity index (χ2v) is 4.42. The summed E-state index contributed by atoms with van der Waals surface area (Å²) in [5.74, 6) is 0.306. The number of nitrogens with zero attached hydrogens (tertiary/aromatic N) is 1. The average molecular weight is 213 g/mol. The van der Waals surface area contributed by atoms with Crippen LogP contribution in [0, 0.1) is 5.41 Å². The van der Waals surface area contributed by atoms with E-state index >= 15 is 0 Å². The van der Waals surface area contributed by atoms with Gasteiger partial charge >= 0.3 is 0 Å². The van der Waals surface area contributed by atoms with Gasteiger partial charge in [-0.1, -0.05) is 20.8 Å². The SMILES string of the molecule is CCCN(CCC)C(=O)C1(CC)COC1. The number of rotatable bonds is 6. The van der Waals surface area contributed by atoms with Crippen molar-refractivity contribution in [2.24, 2.45) is 5.41 Å². The Morgan fingerprint density at radius 1 is 1.20 bits per heavy atom. The fourth-order valence-electron chi connectivity index (χ4n) is 2.02. The number of carbonyl (C=O) groups is 1. The van der Waals surface area contributed by atoms with Crippen LogP contribution < -0.4 is 0 Å². The van der Waals surface area contributed by atoms with Crippen molar-refractivity contribution in [3.63, 3.8) is 0 Å². The molecule has 0 N–H and O–H groups in total. The number of ether oxygens (including phenoxy) is 1. The Balaban J connectivity index is 2.61. The van der Waals surface area contributed by atoms with Gasteiger partial charge in [-0.2, -0.15) is 0 Å². The highest BCUT2D eigenvalue weighted by atomic mass is 16.5. The third-order valence-electron chi connectivity index (χ3n) is 3.16. The Morgan fingerprint density at radius 2 is 1.73 bits per heavy atom. The molecule has 0 aliphatic carbocycles. The molecular formula is C12H23NO2. The van der Waals surface area contributed by atoms with Crippen LogP contribution in [0.5, 0.6) is 0 Å². The van der Waals surface area contributed by atoms with Crippen LogP contribution in [0.4, 0.5) is 0 Å². The molecule has 0 aromatic heterocycles. The van der Waals surface area contributed by atoms with Gasteiger partial charge in [0.25, 0.3) is 0 Å². The topological polar surface area (TPSA) is 29.5 Å². The zero-order chi connectivity index (χ0) is 11.3. The summed E-state index contributed by atoms with van der Waals surface area (Å²) in [6.45, 7) is 9.32. The molecule has 3 heteroatoms. The van der Waals surface area contributed by atoms with E-state index in [4.69, 9.17) is 4.74 Å². The zero-order valence-electron chi connectivity index (χ0n) is 10.2. The van der Waals surface area contributed by atoms with Crippen molar-refractivity contribution in [2.45, 2.75) is 40.0 Å². The first kappa shape index (κ1) is 12.5. The van der Waals surface area contributed by atoms with E-state index in [0.717, 1.165) is 32.4 Å². The molecule has 1 fully saturated rings. The van der Waals surface area contributed by atoms with Crippen LogP contribution in [-0.2, 0) is 9.53 Å². The molecule has 0 bridgehead atoms. The molecule has 88 valence electrons. The maximum atomic E-state index is 12.3. The molecule has 0 atom stereocenters. The summed E-state index contributed by atoms with van der Waals surface area (Å²) in [5, 5.41) is 0. The van der Waals surface area contributed by atoms with Crippen molar-refractivity contribution in [3.8, 4) is 0 Å². The lowest BCUT2D eigenvalue weighted by Gasteiger charge is -2.42. The number of carbonyl (C=O) groups excluding carboxylic acids is 1. The Morgan fingerprint density at radius 3 is 2.00 bits per heavy atom. The molecule has 1 aliphatic heterocycles. The van der Waals surface area contributed by atoms with E-state index in [2.05, 4.69) is 20.8 Å². The highest BCUT2D eigenvalue weighted by molar-refractivity contribution is 5.83. The molecule has 3 nitrogen and oxygen atoms in total. The van der Waals surface area contributed by atoms with Crippen molar-refractivity contribution in [1.82, 2.24) is 4.90 Å². The van der Waals surface area contributed by atoms with Gasteiger partial charge in [0.1, 0.15) is 0 Å². The molecular weight excluding hydrogens is 190 g/mol.